The molecule has 0 aliphatic carbocycles. The molecule has 0 spiro atoms. The van der Waals surface area contributed by atoms with Crippen LogP contribution in [-0.2, 0) is 4.74 Å². The van der Waals surface area contributed by atoms with Crippen molar-refractivity contribution in [2.45, 2.75) is 32.7 Å². The fourth-order valence-electron chi connectivity index (χ4n) is 2.52. The van der Waals surface area contributed by atoms with Crippen molar-refractivity contribution < 1.29 is 14.2 Å². The monoisotopic (exact) mass is 284 g/mol. The number of fused-ring (bicyclic) bond motifs is 1. The van der Waals surface area contributed by atoms with Gasteiger partial charge in [-0.3, -0.25) is 0 Å². The van der Waals surface area contributed by atoms with E-state index in [1.165, 1.54) is 5.56 Å². The van der Waals surface area contributed by atoms with Gasteiger partial charge in [0.1, 0.15) is 11.5 Å². The van der Waals surface area contributed by atoms with Crippen LogP contribution in [0.2, 0.25) is 0 Å². The number of hydrogen-bond acceptors (Lipinski definition) is 3. The largest absolute Gasteiger partial charge is 0.493 e. The second kappa shape index (κ2) is 6.19. The molecule has 1 heterocycles. The van der Waals surface area contributed by atoms with E-state index in [-0.39, 0.29) is 12.4 Å². The van der Waals surface area contributed by atoms with Crippen molar-refractivity contribution in [2.75, 3.05) is 6.61 Å². The van der Waals surface area contributed by atoms with E-state index in [1.807, 2.05) is 49.4 Å². The molecule has 2 unspecified atom stereocenters. The molecule has 0 bridgehead atoms. The van der Waals surface area contributed by atoms with Crippen LogP contribution in [0.3, 0.4) is 0 Å². The molecule has 3 heteroatoms. The third kappa shape index (κ3) is 3.37. The molecule has 0 saturated heterocycles. The molecule has 0 saturated carbocycles. The van der Waals surface area contributed by atoms with Gasteiger partial charge in [0.05, 0.1) is 12.7 Å². The zero-order chi connectivity index (χ0) is 14.7. The van der Waals surface area contributed by atoms with Gasteiger partial charge < -0.3 is 14.2 Å². The van der Waals surface area contributed by atoms with Gasteiger partial charge in [-0.05, 0) is 32.0 Å². The molecular formula is C18H20O3. The molecule has 21 heavy (non-hydrogen) atoms. The quantitative estimate of drug-likeness (QED) is 0.785. The highest BCUT2D eigenvalue weighted by Crippen LogP contribution is 2.35. The molecule has 0 amide bonds. The Balaban J connectivity index is 1.65. The number of para-hydroxylation sites is 1. The molecule has 3 rings (SSSR count). The lowest BCUT2D eigenvalue weighted by molar-refractivity contribution is -0.118. The lowest BCUT2D eigenvalue weighted by Gasteiger charge is -2.28. The molecule has 3 nitrogen and oxygen atoms in total. The Kier molecular flexibility index (Phi) is 4.11. The molecule has 0 aromatic heterocycles. The van der Waals surface area contributed by atoms with Crippen LogP contribution in [0.1, 0.15) is 30.6 Å². The van der Waals surface area contributed by atoms with Crippen LogP contribution in [0.5, 0.6) is 11.5 Å². The first-order valence-corrected chi connectivity index (χ1v) is 7.33. The van der Waals surface area contributed by atoms with Crippen LogP contribution in [-0.4, -0.2) is 12.9 Å². The first kappa shape index (κ1) is 14.0. The summed E-state index contributed by atoms with van der Waals surface area (Å²) in [5.74, 6) is 1.74. The number of aryl methyl sites for hydroxylation is 1. The Bertz CT molecular complexity index is 592. The minimum atomic E-state index is -0.302. The lowest BCUT2D eigenvalue weighted by Crippen LogP contribution is -2.24. The van der Waals surface area contributed by atoms with E-state index in [9.17, 15) is 0 Å². The van der Waals surface area contributed by atoms with Crippen molar-refractivity contribution in [3.63, 3.8) is 0 Å². The van der Waals surface area contributed by atoms with Crippen molar-refractivity contribution in [3.8, 4) is 11.5 Å². The van der Waals surface area contributed by atoms with Gasteiger partial charge in [-0.1, -0.05) is 35.9 Å². The summed E-state index contributed by atoms with van der Waals surface area (Å²) in [6.45, 7) is 4.67. The normalized spacial score (nSPS) is 18.5. The van der Waals surface area contributed by atoms with Gasteiger partial charge in [-0.2, -0.15) is 0 Å². The Morgan fingerprint density at radius 2 is 1.86 bits per heavy atom. The van der Waals surface area contributed by atoms with Crippen LogP contribution >= 0.6 is 0 Å². The van der Waals surface area contributed by atoms with Crippen LogP contribution in [0.4, 0.5) is 0 Å². The summed E-state index contributed by atoms with van der Waals surface area (Å²) in [6, 6.07) is 16.0. The second-order valence-electron chi connectivity index (χ2n) is 5.30. The SMILES string of the molecule is Cc1ccc(OC(C)OC2CCOc3ccccc32)cc1. The van der Waals surface area contributed by atoms with Crippen molar-refractivity contribution in [3.05, 3.63) is 59.7 Å². The van der Waals surface area contributed by atoms with Crippen LogP contribution in [0.25, 0.3) is 0 Å². The van der Waals surface area contributed by atoms with E-state index in [1.54, 1.807) is 0 Å². The molecule has 2 aromatic rings. The average molecular weight is 284 g/mol. The first-order valence-electron chi connectivity index (χ1n) is 7.33. The van der Waals surface area contributed by atoms with Crippen LogP contribution < -0.4 is 9.47 Å². The molecule has 0 fully saturated rings. The second-order valence-corrected chi connectivity index (χ2v) is 5.30. The molecule has 110 valence electrons. The maximum atomic E-state index is 6.05. The average Bonchev–Trinajstić information content (AvgIpc) is 2.50. The minimum Gasteiger partial charge on any atom is -0.493 e. The zero-order valence-electron chi connectivity index (χ0n) is 12.4. The Morgan fingerprint density at radius 3 is 2.67 bits per heavy atom. The van der Waals surface area contributed by atoms with E-state index >= 15 is 0 Å². The Labute approximate surface area is 125 Å². The van der Waals surface area contributed by atoms with Crippen molar-refractivity contribution in [2.24, 2.45) is 0 Å². The topological polar surface area (TPSA) is 27.7 Å². The number of hydrogen-bond donors (Lipinski definition) is 0. The fourth-order valence-corrected chi connectivity index (χ4v) is 2.52. The minimum absolute atomic E-state index is 0.0235. The van der Waals surface area contributed by atoms with E-state index < -0.39 is 0 Å². The summed E-state index contributed by atoms with van der Waals surface area (Å²) in [6.07, 6.45) is 0.567. The maximum absolute atomic E-state index is 6.05. The van der Waals surface area contributed by atoms with Gasteiger partial charge in [0.2, 0.25) is 0 Å². The summed E-state index contributed by atoms with van der Waals surface area (Å²) in [5, 5.41) is 0. The van der Waals surface area contributed by atoms with Gasteiger partial charge in [0.25, 0.3) is 0 Å². The smallest absolute Gasteiger partial charge is 0.197 e. The standard InChI is InChI=1S/C18H20O3/c1-13-7-9-15(10-8-13)20-14(2)21-18-11-12-19-17-6-4-3-5-16(17)18/h3-10,14,18H,11-12H2,1-2H3. The van der Waals surface area contributed by atoms with Gasteiger partial charge in [-0.25, -0.2) is 0 Å². The first-order chi connectivity index (χ1) is 10.2. The number of ether oxygens (including phenoxy) is 3. The maximum Gasteiger partial charge on any atom is 0.197 e. The fraction of sp³-hybridized carbons (Fsp3) is 0.333. The Morgan fingerprint density at radius 1 is 1.10 bits per heavy atom. The van der Waals surface area contributed by atoms with E-state index in [0.29, 0.717) is 6.61 Å². The van der Waals surface area contributed by atoms with Crippen LogP contribution in [0.15, 0.2) is 48.5 Å². The Hall–Kier alpha value is -2.00. The lowest BCUT2D eigenvalue weighted by atomic mass is 10.0. The molecule has 2 atom stereocenters. The highest BCUT2D eigenvalue weighted by molar-refractivity contribution is 5.36. The summed E-state index contributed by atoms with van der Waals surface area (Å²) in [4.78, 5) is 0. The van der Waals surface area contributed by atoms with E-state index in [4.69, 9.17) is 14.2 Å². The zero-order valence-corrected chi connectivity index (χ0v) is 12.4. The van der Waals surface area contributed by atoms with Gasteiger partial charge in [0.15, 0.2) is 6.29 Å². The summed E-state index contributed by atoms with van der Waals surface area (Å²) in [5.41, 5.74) is 2.32. The van der Waals surface area contributed by atoms with E-state index in [2.05, 4.69) is 13.0 Å². The predicted octanol–water partition coefficient (Wildman–Crippen LogP) is 4.26. The number of rotatable bonds is 4. The third-order valence-corrected chi connectivity index (χ3v) is 3.58. The molecule has 1 aliphatic rings. The molecule has 0 N–H and O–H groups in total. The highest BCUT2D eigenvalue weighted by atomic mass is 16.7. The van der Waals surface area contributed by atoms with Gasteiger partial charge >= 0.3 is 0 Å². The molecular weight excluding hydrogens is 264 g/mol. The van der Waals surface area contributed by atoms with Crippen molar-refractivity contribution in [1.29, 1.82) is 0 Å². The number of benzene rings is 2. The summed E-state index contributed by atoms with van der Waals surface area (Å²) < 4.78 is 17.5. The predicted molar refractivity (Wildman–Crippen MR) is 81.6 cm³/mol. The van der Waals surface area contributed by atoms with Gasteiger partial charge in [0, 0.05) is 12.0 Å². The third-order valence-electron chi connectivity index (χ3n) is 3.58. The van der Waals surface area contributed by atoms with Crippen molar-refractivity contribution >= 4 is 0 Å². The van der Waals surface area contributed by atoms with Crippen molar-refractivity contribution in [1.82, 2.24) is 0 Å². The summed E-state index contributed by atoms with van der Waals surface area (Å²) >= 11 is 0. The van der Waals surface area contributed by atoms with Crippen LogP contribution in [0, 0.1) is 6.92 Å². The highest BCUT2D eigenvalue weighted by Gasteiger charge is 2.24. The molecule has 2 aromatic carbocycles. The van der Waals surface area contributed by atoms with Gasteiger partial charge in [-0.15, -0.1) is 0 Å². The molecule has 1 aliphatic heterocycles. The van der Waals surface area contributed by atoms with E-state index in [0.717, 1.165) is 23.5 Å². The molecule has 0 radical (unpaired) electrons. The summed E-state index contributed by atoms with van der Waals surface area (Å²) in [7, 11) is 0.